The molecule has 0 amide bonds. The zero-order chi connectivity index (χ0) is 32.5. The van der Waals surface area contributed by atoms with Gasteiger partial charge in [0, 0.05) is 22.0 Å². The van der Waals surface area contributed by atoms with Gasteiger partial charge >= 0.3 is 0 Å². The lowest BCUT2D eigenvalue weighted by Crippen LogP contribution is -2.40. The van der Waals surface area contributed by atoms with Crippen LogP contribution in [0.5, 0.6) is 0 Å². The molecule has 0 spiro atoms. The van der Waals surface area contributed by atoms with Crippen LogP contribution in [-0.2, 0) is 12.8 Å². The van der Waals surface area contributed by atoms with Crippen molar-refractivity contribution < 1.29 is 4.39 Å². The van der Waals surface area contributed by atoms with Gasteiger partial charge in [0.15, 0.2) is 0 Å². The molecule has 0 atom stereocenters. The first kappa shape index (κ1) is 34.8. The Bertz CT molecular complexity index is 1350. The van der Waals surface area contributed by atoms with Gasteiger partial charge in [0.1, 0.15) is 5.82 Å². The van der Waals surface area contributed by atoms with E-state index in [-0.39, 0.29) is 11.2 Å². The molecule has 2 aromatic carbocycles. The summed E-state index contributed by atoms with van der Waals surface area (Å²) in [7, 11) is 0. The predicted molar refractivity (Wildman–Crippen MR) is 194 cm³/mol. The fraction of sp³-hybridized carbons (Fsp3) is 0.644. The van der Waals surface area contributed by atoms with Crippen LogP contribution in [0.4, 0.5) is 4.39 Å². The highest BCUT2D eigenvalue weighted by Gasteiger charge is 2.48. The Balaban J connectivity index is 0.000000184. The van der Waals surface area contributed by atoms with E-state index in [9.17, 15) is 4.39 Å². The molecule has 248 valence electrons. The molecule has 1 heteroatoms. The summed E-state index contributed by atoms with van der Waals surface area (Å²) in [4.78, 5) is 0. The van der Waals surface area contributed by atoms with Crippen LogP contribution in [0, 0.1) is 51.2 Å². The van der Waals surface area contributed by atoms with Crippen molar-refractivity contribution in [3.63, 3.8) is 0 Å². The molecule has 2 aromatic rings. The number of fused-ring (bicyclic) bond motifs is 6. The summed E-state index contributed by atoms with van der Waals surface area (Å²) >= 11 is 0. The lowest BCUT2D eigenvalue weighted by atomic mass is 9.53. The molecule has 0 unspecified atom stereocenters. The molecule has 4 bridgehead atoms. The first-order valence-electron chi connectivity index (χ1n) is 19.2. The molecule has 8 rings (SSSR count). The number of unbranched alkanes of at least 4 members (excludes halogenated alkanes) is 3. The number of hydrogen-bond donors (Lipinski definition) is 0. The molecule has 6 aliphatic carbocycles. The first-order valence-corrected chi connectivity index (χ1v) is 19.2. The second-order valence-corrected chi connectivity index (χ2v) is 15.8. The second kappa shape index (κ2) is 15.6. The number of rotatable bonds is 9. The summed E-state index contributed by atoms with van der Waals surface area (Å²) in [6.07, 6.45) is 27.7. The van der Waals surface area contributed by atoms with Crippen molar-refractivity contribution in [1.82, 2.24) is 0 Å². The van der Waals surface area contributed by atoms with Crippen LogP contribution >= 0.6 is 0 Å². The van der Waals surface area contributed by atoms with Gasteiger partial charge in [-0.15, -0.1) is 0 Å². The lowest BCUT2D eigenvalue weighted by Gasteiger charge is -2.51. The maximum atomic E-state index is 13.8. The van der Waals surface area contributed by atoms with E-state index in [0.717, 1.165) is 17.5 Å². The minimum Gasteiger partial charge on any atom is -0.207 e. The van der Waals surface area contributed by atoms with Gasteiger partial charge in [0.25, 0.3) is 0 Å². The molecule has 0 nitrogen and oxygen atoms in total. The number of halogens is 1. The van der Waals surface area contributed by atoms with Crippen LogP contribution in [0.2, 0.25) is 0 Å². The highest BCUT2D eigenvalue weighted by atomic mass is 19.1. The largest absolute Gasteiger partial charge is 0.207 e. The van der Waals surface area contributed by atoms with Crippen LogP contribution in [0.3, 0.4) is 0 Å². The fourth-order valence-corrected chi connectivity index (χ4v) is 9.10. The molecule has 0 aliphatic heterocycles. The van der Waals surface area contributed by atoms with Gasteiger partial charge in [-0.2, -0.15) is 0 Å². The Kier molecular flexibility index (Phi) is 11.8. The normalized spacial score (nSPS) is 29.2. The van der Waals surface area contributed by atoms with E-state index in [1.165, 1.54) is 140 Å². The van der Waals surface area contributed by atoms with Crippen molar-refractivity contribution in [2.45, 2.75) is 163 Å². The third kappa shape index (κ3) is 8.49. The van der Waals surface area contributed by atoms with Gasteiger partial charge in [0.05, 0.1) is 0 Å². The van der Waals surface area contributed by atoms with Crippen LogP contribution in [0.25, 0.3) is 0 Å². The Morgan fingerprint density at radius 1 is 0.587 bits per heavy atom. The standard InChI is InChI=1S/C25H36.C20H25F/c1-3-5-6-7-14-24-16-19-25(20-17-24,21-18-24)15-13-23-11-9-22(8-4-2)10-12-23;1-3-17-6-5-16(15-18(17)21)7-8-20-12-9-19(4-2,10-13-20)11-14-20/h9-12H,3-8,14,16-21H2,1-2H3;5-6,15H,3-4,9-14H2,1-2H3. The van der Waals surface area contributed by atoms with E-state index >= 15 is 0 Å². The van der Waals surface area contributed by atoms with Gasteiger partial charge in [-0.25, -0.2) is 4.39 Å². The summed E-state index contributed by atoms with van der Waals surface area (Å²) in [6, 6.07) is 14.4. The Labute approximate surface area is 282 Å². The average molecular weight is 621 g/mol. The maximum Gasteiger partial charge on any atom is 0.127 e. The molecule has 0 aromatic heterocycles. The van der Waals surface area contributed by atoms with E-state index in [0.29, 0.717) is 16.2 Å². The van der Waals surface area contributed by atoms with Crippen LogP contribution in [0.1, 0.15) is 172 Å². The Morgan fingerprint density at radius 2 is 1.13 bits per heavy atom. The summed E-state index contributed by atoms with van der Waals surface area (Å²) in [6.45, 7) is 8.86. The molecular weight excluding hydrogens is 559 g/mol. The molecule has 0 radical (unpaired) electrons. The van der Waals surface area contributed by atoms with Crippen molar-refractivity contribution in [3.05, 3.63) is 70.5 Å². The van der Waals surface area contributed by atoms with Gasteiger partial charge in [-0.1, -0.05) is 108 Å². The summed E-state index contributed by atoms with van der Waals surface area (Å²) in [5.41, 5.74) is 6.13. The topological polar surface area (TPSA) is 0 Å². The summed E-state index contributed by atoms with van der Waals surface area (Å²) < 4.78 is 13.8. The number of hydrogen-bond acceptors (Lipinski definition) is 0. The fourth-order valence-electron chi connectivity index (χ4n) is 9.10. The van der Waals surface area contributed by atoms with E-state index in [1.807, 2.05) is 19.1 Å². The summed E-state index contributed by atoms with van der Waals surface area (Å²) in [5.74, 6) is 13.9. The van der Waals surface area contributed by atoms with E-state index in [1.54, 1.807) is 6.07 Å². The van der Waals surface area contributed by atoms with Crippen molar-refractivity contribution in [2.75, 3.05) is 0 Å². The SMILES string of the molecule is CCCCCCC12CCC(C#Cc3ccc(CCC)cc3)(CC1)CC2.CCc1ccc(C#CC23CCC(CC)(CC2)CC3)cc1F. The highest BCUT2D eigenvalue weighted by Crippen LogP contribution is 2.59. The number of aryl methyl sites for hydroxylation is 2. The Morgan fingerprint density at radius 3 is 1.63 bits per heavy atom. The van der Waals surface area contributed by atoms with Gasteiger partial charge in [-0.05, 0) is 143 Å². The van der Waals surface area contributed by atoms with Gasteiger partial charge < -0.3 is 0 Å². The third-order valence-electron chi connectivity index (χ3n) is 13.0. The summed E-state index contributed by atoms with van der Waals surface area (Å²) in [5, 5.41) is 0. The zero-order valence-corrected chi connectivity index (χ0v) is 29.8. The van der Waals surface area contributed by atoms with E-state index < -0.39 is 0 Å². The second-order valence-electron chi connectivity index (χ2n) is 15.8. The molecular formula is C45H61F. The zero-order valence-electron chi connectivity index (χ0n) is 29.8. The van der Waals surface area contributed by atoms with Crippen molar-refractivity contribution >= 4 is 0 Å². The predicted octanol–water partition coefficient (Wildman–Crippen LogP) is 12.8. The quantitative estimate of drug-likeness (QED) is 0.193. The molecule has 46 heavy (non-hydrogen) atoms. The van der Waals surface area contributed by atoms with Crippen molar-refractivity contribution in [3.8, 4) is 23.7 Å². The van der Waals surface area contributed by atoms with Crippen LogP contribution < -0.4 is 0 Å². The maximum absolute atomic E-state index is 13.8. The highest BCUT2D eigenvalue weighted by molar-refractivity contribution is 5.39. The van der Waals surface area contributed by atoms with Crippen LogP contribution in [0.15, 0.2) is 42.5 Å². The smallest absolute Gasteiger partial charge is 0.127 e. The van der Waals surface area contributed by atoms with Gasteiger partial charge in [-0.3, -0.25) is 0 Å². The van der Waals surface area contributed by atoms with Crippen molar-refractivity contribution in [2.24, 2.45) is 21.7 Å². The molecule has 6 saturated carbocycles. The molecule has 0 N–H and O–H groups in total. The molecule has 0 saturated heterocycles. The van der Waals surface area contributed by atoms with E-state index in [4.69, 9.17) is 0 Å². The lowest BCUT2D eigenvalue weighted by molar-refractivity contribution is 0.0185. The first-order chi connectivity index (χ1) is 22.3. The minimum atomic E-state index is -0.112. The third-order valence-corrected chi connectivity index (χ3v) is 13.0. The van der Waals surface area contributed by atoms with Crippen molar-refractivity contribution in [1.29, 1.82) is 0 Å². The minimum absolute atomic E-state index is 0.112. The molecule has 6 aliphatic rings. The number of benzene rings is 2. The van der Waals surface area contributed by atoms with Gasteiger partial charge in [0.2, 0.25) is 0 Å². The Hall–Kier alpha value is -2.51. The molecule has 6 fully saturated rings. The molecule has 0 heterocycles. The average Bonchev–Trinajstić information content (AvgIpc) is 3.11. The van der Waals surface area contributed by atoms with Crippen LogP contribution in [-0.4, -0.2) is 0 Å². The monoisotopic (exact) mass is 620 g/mol. The van der Waals surface area contributed by atoms with E-state index in [2.05, 4.69) is 68.7 Å².